The van der Waals surface area contributed by atoms with Crippen LogP contribution in [0, 0.1) is 0 Å². The molecule has 1 aromatic rings. The van der Waals surface area contributed by atoms with Crippen LogP contribution in [-0.2, 0) is 9.53 Å². The van der Waals surface area contributed by atoms with Gasteiger partial charge in [0, 0.05) is 20.8 Å². The summed E-state index contributed by atoms with van der Waals surface area (Å²) in [7, 11) is 3.31. The smallest absolute Gasteiger partial charge is 0.239 e. The summed E-state index contributed by atoms with van der Waals surface area (Å²) in [5.74, 6) is 1.33. The largest absolute Gasteiger partial charge is 0.486 e. The molecule has 6 heteroatoms. The minimum absolute atomic E-state index is 0.116. The SMILES string of the molecule is COCCC(N)C(=O)N(C)CC1COc2ccccc2O1. The summed E-state index contributed by atoms with van der Waals surface area (Å²) in [6.07, 6.45) is 0.313. The number of likely N-dealkylation sites (N-methyl/N-ethyl adjacent to an activating group) is 1. The van der Waals surface area contributed by atoms with E-state index in [9.17, 15) is 4.79 Å². The summed E-state index contributed by atoms with van der Waals surface area (Å²) in [4.78, 5) is 13.7. The molecule has 0 saturated heterocycles. The molecule has 1 heterocycles. The molecular formula is C15H22N2O4. The first-order valence-corrected chi connectivity index (χ1v) is 6.99. The summed E-state index contributed by atoms with van der Waals surface area (Å²) < 4.78 is 16.4. The second kappa shape index (κ2) is 7.28. The highest BCUT2D eigenvalue weighted by Crippen LogP contribution is 2.30. The van der Waals surface area contributed by atoms with Gasteiger partial charge < -0.3 is 24.8 Å². The minimum Gasteiger partial charge on any atom is -0.486 e. The molecule has 2 unspecified atom stereocenters. The first-order valence-electron chi connectivity index (χ1n) is 6.99. The topological polar surface area (TPSA) is 74.0 Å². The van der Waals surface area contributed by atoms with E-state index in [1.54, 1.807) is 19.1 Å². The van der Waals surface area contributed by atoms with Crippen molar-refractivity contribution in [3.8, 4) is 11.5 Å². The predicted octanol–water partition coefficient (Wildman–Crippen LogP) is 0.649. The fraction of sp³-hybridized carbons (Fsp3) is 0.533. The highest BCUT2D eigenvalue weighted by Gasteiger charge is 2.25. The summed E-state index contributed by atoms with van der Waals surface area (Å²) in [5.41, 5.74) is 5.84. The van der Waals surface area contributed by atoms with Crippen LogP contribution in [0.25, 0.3) is 0 Å². The zero-order valence-electron chi connectivity index (χ0n) is 12.5. The van der Waals surface area contributed by atoms with Crippen molar-refractivity contribution in [3.63, 3.8) is 0 Å². The van der Waals surface area contributed by atoms with Crippen molar-refractivity contribution in [1.82, 2.24) is 4.90 Å². The lowest BCUT2D eigenvalue weighted by atomic mass is 10.2. The Labute approximate surface area is 124 Å². The predicted molar refractivity (Wildman–Crippen MR) is 78.5 cm³/mol. The highest BCUT2D eigenvalue weighted by molar-refractivity contribution is 5.81. The summed E-state index contributed by atoms with van der Waals surface area (Å²) in [6.45, 7) is 1.33. The van der Waals surface area contributed by atoms with Gasteiger partial charge in [-0.2, -0.15) is 0 Å². The monoisotopic (exact) mass is 294 g/mol. The molecule has 0 bridgehead atoms. The molecule has 0 saturated carbocycles. The second-order valence-electron chi connectivity index (χ2n) is 5.10. The highest BCUT2D eigenvalue weighted by atomic mass is 16.6. The molecule has 1 aliphatic rings. The molecule has 2 rings (SSSR count). The maximum Gasteiger partial charge on any atom is 0.239 e. The summed E-state index contributed by atoms with van der Waals surface area (Å²) in [5, 5.41) is 0. The van der Waals surface area contributed by atoms with Gasteiger partial charge in [0.25, 0.3) is 0 Å². The molecular weight excluding hydrogens is 272 g/mol. The molecule has 1 aliphatic heterocycles. The van der Waals surface area contributed by atoms with Crippen LogP contribution < -0.4 is 15.2 Å². The van der Waals surface area contributed by atoms with Gasteiger partial charge in [0.2, 0.25) is 5.91 Å². The molecule has 21 heavy (non-hydrogen) atoms. The second-order valence-corrected chi connectivity index (χ2v) is 5.10. The van der Waals surface area contributed by atoms with Gasteiger partial charge in [0.05, 0.1) is 12.6 Å². The Morgan fingerprint density at radius 2 is 2.19 bits per heavy atom. The van der Waals surface area contributed by atoms with Crippen LogP contribution in [0.2, 0.25) is 0 Å². The number of ether oxygens (including phenoxy) is 3. The van der Waals surface area contributed by atoms with Crippen LogP contribution in [0.5, 0.6) is 11.5 Å². The van der Waals surface area contributed by atoms with Gasteiger partial charge in [-0.15, -0.1) is 0 Å². The zero-order chi connectivity index (χ0) is 15.2. The van der Waals surface area contributed by atoms with E-state index in [1.165, 1.54) is 0 Å². The summed E-state index contributed by atoms with van der Waals surface area (Å²) >= 11 is 0. The molecule has 2 N–H and O–H groups in total. The molecule has 6 nitrogen and oxygen atoms in total. The fourth-order valence-corrected chi connectivity index (χ4v) is 2.20. The van der Waals surface area contributed by atoms with Crippen LogP contribution in [0.15, 0.2) is 24.3 Å². The average molecular weight is 294 g/mol. The lowest BCUT2D eigenvalue weighted by Crippen LogP contribution is -2.47. The molecule has 1 amide bonds. The molecule has 0 fully saturated rings. The average Bonchev–Trinajstić information content (AvgIpc) is 2.51. The Hall–Kier alpha value is -1.79. The number of rotatable bonds is 6. The molecule has 0 aromatic heterocycles. The molecule has 0 spiro atoms. The molecule has 116 valence electrons. The van der Waals surface area contributed by atoms with Gasteiger partial charge in [0.15, 0.2) is 17.6 Å². The van der Waals surface area contributed by atoms with Gasteiger partial charge in [-0.3, -0.25) is 4.79 Å². The van der Waals surface area contributed by atoms with E-state index in [4.69, 9.17) is 19.9 Å². The third-order valence-corrected chi connectivity index (χ3v) is 3.37. The van der Waals surface area contributed by atoms with Gasteiger partial charge in [0.1, 0.15) is 6.61 Å². The number of carbonyl (C=O) groups excluding carboxylic acids is 1. The van der Waals surface area contributed by atoms with Crippen molar-refractivity contribution in [2.45, 2.75) is 18.6 Å². The molecule has 1 aromatic carbocycles. The van der Waals surface area contributed by atoms with Gasteiger partial charge >= 0.3 is 0 Å². The van der Waals surface area contributed by atoms with E-state index in [0.29, 0.717) is 31.9 Å². The minimum atomic E-state index is -0.549. The van der Waals surface area contributed by atoms with Crippen molar-refractivity contribution in [2.75, 3.05) is 33.9 Å². The number of methoxy groups -OCH3 is 1. The quantitative estimate of drug-likeness (QED) is 0.834. The normalized spacial score (nSPS) is 18.1. The van der Waals surface area contributed by atoms with Crippen molar-refractivity contribution >= 4 is 5.91 Å². The van der Waals surface area contributed by atoms with Crippen molar-refractivity contribution < 1.29 is 19.0 Å². The molecule has 2 atom stereocenters. The van der Waals surface area contributed by atoms with Gasteiger partial charge in [-0.25, -0.2) is 0 Å². The van der Waals surface area contributed by atoms with E-state index in [1.807, 2.05) is 24.3 Å². The Bertz CT molecular complexity index is 480. The number of hydrogen-bond acceptors (Lipinski definition) is 5. The van der Waals surface area contributed by atoms with E-state index in [-0.39, 0.29) is 12.0 Å². The number of hydrogen-bond donors (Lipinski definition) is 1. The number of para-hydroxylation sites is 2. The van der Waals surface area contributed by atoms with Crippen LogP contribution in [0.1, 0.15) is 6.42 Å². The van der Waals surface area contributed by atoms with Crippen LogP contribution in [0.3, 0.4) is 0 Å². The van der Waals surface area contributed by atoms with Gasteiger partial charge in [-0.1, -0.05) is 12.1 Å². The van der Waals surface area contributed by atoms with Crippen molar-refractivity contribution in [2.24, 2.45) is 5.73 Å². The number of fused-ring (bicyclic) bond motifs is 1. The standard InChI is InChI=1S/C15H22N2O4/c1-17(15(18)12(16)7-8-19-2)9-11-10-20-13-5-3-4-6-14(13)21-11/h3-6,11-12H,7-10,16H2,1-2H3. The number of nitrogens with two attached hydrogens (primary N) is 1. The number of amides is 1. The van der Waals surface area contributed by atoms with E-state index in [2.05, 4.69) is 0 Å². The maximum atomic E-state index is 12.1. The van der Waals surface area contributed by atoms with Crippen LogP contribution in [0.4, 0.5) is 0 Å². The molecule has 0 radical (unpaired) electrons. The van der Waals surface area contributed by atoms with Crippen LogP contribution in [-0.4, -0.2) is 56.9 Å². The Morgan fingerprint density at radius 1 is 1.48 bits per heavy atom. The van der Waals surface area contributed by atoms with Crippen LogP contribution >= 0.6 is 0 Å². The number of benzene rings is 1. The van der Waals surface area contributed by atoms with E-state index < -0.39 is 6.04 Å². The van der Waals surface area contributed by atoms with Crippen molar-refractivity contribution in [3.05, 3.63) is 24.3 Å². The fourth-order valence-electron chi connectivity index (χ4n) is 2.20. The third-order valence-electron chi connectivity index (χ3n) is 3.37. The molecule has 0 aliphatic carbocycles. The van der Waals surface area contributed by atoms with Crippen molar-refractivity contribution in [1.29, 1.82) is 0 Å². The summed E-state index contributed by atoms with van der Waals surface area (Å²) in [6, 6.07) is 6.95. The number of carbonyl (C=O) groups is 1. The van der Waals surface area contributed by atoms with E-state index >= 15 is 0 Å². The Morgan fingerprint density at radius 3 is 2.90 bits per heavy atom. The zero-order valence-corrected chi connectivity index (χ0v) is 12.5. The Kier molecular flexibility index (Phi) is 5.41. The first-order chi connectivity index (χ1) is 10.1. The lowest BCUT2D eigenvalue weighted by molar-refractivity contribution is -0.133. The third kappa shape index (κ3) is 4.09. The maximum absolute atomic E-state index is 12.1. The van der Waals surface area contributed by atoms with E-state index in [0.717, 1.165) is 5.75 Å². The Balaban J connectivity index is 1.86. The first kappa shape index (κ1) is 15.6. The number of nitrogens with zero attached hydrogens (tertiary/aromatic N) is 1. The van der Waals surface area contributed by atoms with Gasteiger partial charge in [-0.05, 0) is 18.6 Å². The lowest BCUT2D eigenvalue weighted by Gasteiger charge is -2.30.